The van der Waals surface area contributed by atoms with Crippen molar-refractivity contribution >= 4 is 27.5 Å². The van der Waals surface area contributed by atoms with Crippen LogP contribution < -0.4 is 14.6 Å². The van der Waals surface area contributed by atoms with E-state index in [1.54, 1.807) is 77.7 Å². The maximum Gasteiger partial charge on any atom is 0.295 e. The number of aliphatic hydroxyl groups is 1. The molecule has 228 valence electrons. The summed E-state index contributed by atoms with van der Waals surface area (Å²) < 4.78 is 28.3. The van der Waals surface area contributed by atoms with Crippen LogP contribution in [0.25, 0.3) is 0 Å². The maximum atomic E-state index is 13.7. The first kappa shape index (κ1) is 30.6. The van der Waals surface area contributed by atoms with Crippen molar-refractivity contribution in [1.82, 2.24) is 10.2 Å². The molecule has 5 rings (SSSR count). The fraction of sp³-hybridized carbons (Fsp3) is 0.212. The van der Waals surface area contributed by atoms with Gasteiger partial charge in [0.1, 0.15) is 11.8 Å². The molecule has 1 heterocycles. The Morgan fingerprint density at radius 2 is 1.45 bits per heavy atom. The van der Waals surface area contributed by atoms with E-state index < -0.39 is 28.1 Å². The Bertz CT molecular complexity index is 1660. The zero-order valence-electron chi connectivity index (χ0n) is 23.8. The van der Waals surface area contributed by atoms with Crippen molar-refractivity contribution in [2.75, 3.05) is 17.6 Å². The van der Waals surface area contributed by atoms with Gasteiger partial charge in [-0.05, 0) is 79.1 Å². The summed E-state index contributed by atoms with van der Waals surface area (Å²) >= 11 is 0. The number of amides is 2. The Morgan fingerprint density at radius 1 is 0.864 bits per heavy atom. The molecule has 1 atom stereocenters. The molecule has 1 unspecified atom stereocenters. The molecule has 0 spiro atoms. The first-order valence-electron chi connectivity index (χ1n) is 14.2. The highest BCUT2D eigenvalue weighted by Gasteiger charge is 2.31. The number of benzene rings is 4. The second kappa shape index (κ2) is 13.6. The van der Waals surface area contributed by atoms with Crippen molar-refractivity contribution in [2.24, 2.45) is 0 Å². The number of para-hydroxylation sites is 2. The number of carbonyl (C=O) groups is 2. The second-order valence-corrected chi connectivity index (χ2v) is 12.2. The van der Waals surface area contributed by atoms with E-state index in [2.05, 4.69) is 5.32 Å². The molecule has 1 fully saturated rings. The molecular formula is C33H33N3O7S. The van der Waals surface area contributed by atoms with Crippen molar-refractivity contribution in [1.29, 1.82) is 0 Å². The van der Waals surface area contributed by atoms with Crippen molar-refractivity contribution in [3.05, 3.63) is 120 Å². The predicted molar refractivity (Wildman–Crippen MR) is 165 cm³/mol. The van der Waals surface area contributed by atoms with Crippen molar-refractivity contribution < 1.29 is 33.1 Å². The SMILES string of the molecule is O=C(NC(Cc1ccc(O)cc1)C(=O)N1CCC(O)CC1)c1ccc(S(=O)(=O)N(Oc2ccccc2)c2ccccc2)cc1. The van der Waals surface area contributed by atoms with Gasteiger partial charge < -0.3 is 25.3 Å². The van der Waals surface area contributed by atoms with Gasteiger partial charge in [0.15, 0.2) is 5.75 Å². The lowest BCUT2D eigenvalue weighted by molar-refractivity contribution is -0.135. The van der Waals surface area contributed by atoms with E-state index in [-0.39, 0.29) is 28.5 Å². The number of anilines is 1. The standard InChI is InChI=1S/C33H33N3O7S/c37-27-15-11-24(12-16-27)23-31(33(40)35-21-19-28(38)20-22-35)34-32(39)25-13-17-30(18-14-25)44(41,42)36(26-7-3-1-4-8-26)43-29-9-5-2-6-10-29/h1-18,28,31,37-38H,19-23H2,(H,34,39). The zero-order chi connectivity index (χ0) is 31.1. The minimum atomic E-state index is -4.22. The van der Waals surface area contributed by atoms with E-state index in [0.717, 1.165) is 10.0 Å². The van der Waals surface area contributed by atoms with E-state index in [1.807, 2.05) is 0 Å². The Kier molecular flexibility index (Phi) is 9.47. The smallest absolute Gasteiger partial charge is 0.295 e. The van der Waals surface area contributed by atoms with Gasteiger partial charge in [-0.1, -0.05) is 53.0 Å². The third-order valence-corrected chi connectivity index (χ3v) is 8.88. The summed E-state index contributed by atoms with van der Waals surface area (Å²) in [6.07, 6.45) is 0.625. The molecular weight excluding hydrogens is 582 g/mol. The quantitative estimate of drug-likeness (QED) is 0.230. The molecule has 3 N–H and O–H groups in total. The average molecular weight is 616 g/mol. The number of phenolic OH excluding ortho intramolecular Hbond substituents is 1. The fourth-order valence-electron chi connectivity index (χ4n) is 4.86. The minimum Gasteiger partial charge on any atom is -0.508 e. The monoisotopic (exact) mass is 615 g/mol. The average Bonchev–Trinajstić information content (AvgIpc) is 3.05. The summed E-state index contributed by atoms with van der Waals surface area (Å²) in [7, 11) is -4.22. The highest BCUT2D eigenvalue weighted by atomic mass is 32.2. The lowest BCUT2D eigenvalue weighted by Crippen LogP contribution is -2.52. The van der Waals surface area contributed by atoms with Gasteiger partial charge in [0.2, 0.25) is 5.91 Å². The van der Waals surface area contributed by atoms with Gasteiger partial charge in [-0.15, -0.1) is 0 Å². The molecule has 0 aromatic heterocycles. The first-order valence-corrected chi connectivity index (χ1v) is 15.6. The van der Waals surface area contributed by atoms with Gasteiger partial charge in [0.05, 0.1) is 16.7 Å². The first-order chi connectivity index (χ1) is 21.2. The molecule has 10 nitrogen and oxygen atoms in total. The normalized spacial score (nSPS) is 14.4. The highest BCUT2D eigenvalue weighted by Crippen LogP contribution is 2.26. The van der Waals surface area contributed by atoms with Crippen LogP contribution >= 0.6 is 0 Å². The molecule has 44 heavy (non-hydrogen) atoms. The summed E-state index contributed by atoms with van der Waals surface area (Å²) in [6, 6.07) is 27.8. The molecule has 11 heteroatoms. The lowest BCUT2D eigenvalue weighted by Gasteiger charge is -2.32. The van der Waals surface area contributed by atoms with Crippen LogP contribution in [0.2, 0.25) is 0 Å². The van der Waals surface area contributed by atoms with Gasteiger partial charge in [0.25, 0.3) is 15.9 Å². The Morgan fingerprint density at radius 3 is 2.07 bits per heavy atom. The van der Waals surface area contributed by atoms with Crippen LogP contribution in [-0.2, 0) is 21.2 Å². The summed E-state index contributed by atoms with van der Waals surface area (Å²) in [5.74, 6) is -0.429. The number of nitrogens with one attached hydrogen (secondary N) is 1. The molecule has 0 saturated carbocycles. The van der Waals surface area contributed by atoms with Gasteiger partial charge in [0, 0.05) is 25.1 Å². The summed E-state index contributed by atoms with van der Waals surface area (Å²) in [6.45, 7) is 0.745. The Labute approximate surface area is 256 Å². The lowest BCUT2D eigenvalue weighted by atomic mass is 10.0. The van der Waals surface area contributed by atoms with Crippen molar-refractivity contribution in [3.63, 3.8) is 0 Å². The van der Waals surface area contributed by atoms with Crippen molar-refractivity contribution in [3.8, 4) is 11.5 Å². The molecule has 0 aliphatic carbocycles. The number of carbonyl (C=O) groups excluding carboxylic acids is 2. The van der Waals surface area contributed by atoms with Crippen LogP contribution in [0, 0.1) is 0 Å². The number of hydrogen-bond donors (Lipinski definition) is 3. The number of aromatic hydroxyl groups is 1. The molecule has 2 amide bonds. The van der Waals surface area contributed by atoms with Gasteiger partial charge in [-0.3, -0.25) is 9.59 Å². The largest absolute Gasteiger partial charge is 0.508 e. The van der Waals surface area contributed by atoms with E-state index >= 15 is 0 Å². The number of rotatable bonds is 10. The summed E-state index contributed by atoms with van der Waals surface area (Å²) in [4.78, 5) is 34.1. The number of nitrogens with zero attached hydrogens (tertiary/aromatic N) is 2. The topological polar surface area (TPSA) is 136 Å². The molecule has 0 radical (unpaired) electrons. The number of hydrogen-bond acceptors (Lipinski definition) is 7. The van der Waals surface area contributed by atoms with Gasteiger partial charge in [-0.25, -0.2) is 0 Å². The fourth-order valence-corrected chi connectivity index (χ4v) is 6.11. The van der Waals surface area contributed by atoms with Crippen LogP contribution in [0.3, 0.4) is 0 Å². The number of likely N-dealkylation sites (tertiary alicyclic amines) is 1. The molecule has 1 aliphatic heterocycles. The molecule has 4 aromatic carbocycles. The molecule has 4 aromatic rings. The van der Waals surface area contributed by atoms with Crippen LogP contribution in [-0.4, -0.2) is 60.6 Å². The number of piperidine rings is 1. The van der Waals surface area contributed by atoms with E-state index in [0.29, 0.717) is 37.4 Å². The molecule has 1 saturated heterocycles. The van der Waals surface area contributed by atoms with E-state index in [9.17, 15) is 28.2 Å². The van der Waals surface area contributed by atoms with E-state index in [1.165, 1.54) is 36.4 Å². The van der Waals surface area contributed by atoms with Gasteiger partial charge >= 0.3 is 0 Å². The Balaban J connectivity index is 1.36. The highest BCUT2D eigenvalue weighted by molar-refractivity contribution is 7.92. The zero-order valence-corrected chi connectivity index (χ0v) is 24.6. The minimum absolute atomic E-state index is 0.0840. The van der Waals surface area contributed by atoms with Crippen LogP contribution in [0.1, 0.15) is 28.8 Å². The number of phenols is 1. The number of sulfonamides is 1. The third-order valence-electron chi connectivity index (χ3n) is 7.29. The summed E-state index contributed by atoms with van der Waals surface area (Å²) in [5.41, 5.74) is 1.19. The Hall–Kier alpha value is -4.87. The third kappa shape index (κ3) is 7.36. The van der Waals surface area contributed by atoms with Crippen LogP contribution in [0.15, 0.2) is 114 Å². The molecule has 0 bridgehead atoms. The van der Waals surface area contributed by atoms with Gasteiger partial charge in [-0.2, -0.15) is 8.42 Å². The van der Waals surface area contributed by atoms with Crippen LogP contribution in [0.5, 0.6) is 11.5 Å². The maximum absolute atomic E-state index is 13.7. The second-order valence-electron chi connectivity index (χ2n) is 10.4. The summed E-state index contributed by atoms with van der Waals surface area (Å²) in [5, 5.41) is 22.3. The predicted octanol–water partition coefficient (Wildman–Crippen LogP) is 3.91. The van der Waals surface area contributed by atoms with E-state index in [4.69, 9.17) is 4.84 Å². The van der Waals surface area contributed by atoms with Crippen molar-refractivity contribution in [2.45, 2.75) is 36.3 Å². The van der Waals surface area contributed by atoms with Crippen LogP contribution in [0.4, 0.5) is 5.69 Å². The molecule has 1 aliphatic rings. The number of aliphatic hydroxyl groups excluding tert-OH is 1.